The molecular formula is C24H24N2O5S2. The van der Waals surface area contributed by atoms with Crippen LogP contribution in [0.2, 0.25) is 0 Å². The van der Waals surface area contributed by atoms with Crippen LogP contribution in [-0.2, 0) is 19.6 Å². The fourth-order valence-electron chi connectivity index (χ4n) is 4.25. The van der Waals surface area contributed by atoms with Gasteiger partial charge in [0, 0.05) is 30.5 Å². The molecule has 33 heavy (non-hydrogen) atoms. The van der Waals surface area contributed by atoms with Crippen molar-refractivity contribution >= 4 is 50.4 Å². The lowest BCUT2D eigenvalue weighted by Crippen LogP contribution is -2.44. The molecule has 1 N–H and O–H groups in total. The van der Waals surface area contributed by atoms with Gasteiger partial charge in [-0.3, -0.25) is 24.0 Å². The van der Waals surface area contributed by atoms with Crippen molar-refractivity contribution in [2.75, 3.05) is 4.72 Å². The summed E-state index contributed by atoms with van der Waals surface area (Å²) < 4.78 is 28.1. The van der Waals surface area contributed by atoms with E-state index in [0.717, 1.165) is 5.56 Å². The number of thiocarbonyl (C=S) groups is 1. The molecule has 2 aromatic carbocycles. The maximum atomic E-state index is 13.1. The molecule has 2 aromatic rings. The van der Waals surface area contributed by atoms with Gasteiger partial charge in [0.1, 0.15) is 10.8 Å². The number of carbonyl (C=O) groups is 3. The van der Waals surface area contributed by atoms with Gasteiger partial charge in [-0.1, -0.05) is 24.4 Å². The zero-order valence-electron chi connectivity index (χ0n) is 18.2. The number of benzene rings is 2. The first kappa shape index (κ1) is 23.3. The molecule has 0 aromatic heterocycles. The maximum absolute atomic E-state index is 13.1. The van der Waals surface area contributed by atoms with Gasteiger partial charge in [-0.2, -0.15) is 0 Å². The minimum Gasteiger partial charge on any atom is -0.300 e. The largest absolute Gasteiger partial charge is 0.300 e. The molecule has 2 aliphatic rings. The van der Waals surface area contributed by atoms with Crippen LogP contribution in [0.25, 0.3) is 0 Å². The number of aryl methyl sites for hydroxylation is 1. The molecule has 1 unspecified atom stereocenters. The van der Waals surface area contributed by atoms with Crippen molar-refractivity contribution in [1.29, 1.82) is 0 Å². The van der Waals surface area contributed by atoms with E-state index >= 15 is 0 Å². The summed E-state index contributed by atoms with van der Waals surface area (Å²) in [5.41, 5.74) is 1.80. The van der Waals surface area contributed by atoms with Gasteiger partial charge in [0.25, 0.3) is 15.9 Å². The first-order valence-corrected chi connectivity index (χ1v) is 12.7. The number of nitrogens with one attached hydrogen (secondary N) is 1. The third-order valence-electron chi connectivity index (χ3n) is 5.98. The Morgan fingerprint density at radius 3 is 2.48 bits per heavy atom. The number of nitrogens with zero attached hydrogens (tertiary/aromatic N) is 1. The Morgan fingerprint density at radius 2 is 1.73 bits per heavy atom. The van der Waals surface area contributed by atoms with Gasteiger partial charge in [0.05, 0.1) is 16.5 Å². The molecule has 7 nitrogen and oxygen atoms in total. The van der Waals surface area contributed by atoms with Crippen LogP contribution in [0.5, 0.6) is 0 Å². The van der Waals surface area contributed by atoms with Gasteiger partial charge in [-0.05, 0) is 62.1 Å². The van der Waals surface area contributed by atoms with Crippen LogP contribution >= 0.6 is 12.2 Å². The predicted octanol–water partition coefficient (Wildman–Crippen LogP) is 3.79. The number of hydrogen-bond acceptors (Lipinski definition) is 6. The summed E-state index contributed by atoms with van der Waals surface area (Å²) in [5.74, 6) is -0.417. The first-order valence-electron chi connectivity index (χ1n) is 10.8. The molecular weight excluding hydrogens is 460 g/mol. The van der Waals surface area contributed by atoms with E-state index in [1.54, 1.807) is 25.1 Å². The Kier molecular flexibility index (Phi) is 6.45. The van der Waals surface area contributed by atoms with Crippen LogP contribution in [-0.4, -0.2) is 41.8 Å². The fourth-order valence-corrected chi connectivity index (χ4v) is 5.78. The quantitative estimate of drug-likeness (QED) is 0.663. The van der Waals surface area contributed by atoms with Gasteiger partial charge in [0.15, 0.2) is 5.78 Å². The summed E-state index contributed by atoms with van der Waals surface area (Å²) in [7, 11) is -3.83. The Bertz CT molecular complexity index is 1270. The second kappa shape index (κ2) is 9.15. The number of ketones is 2. The van der Waals surface area contributed by atoms with Crippen molar-refractivity contribution in [2.45, 2.75) is 56.4 Å². The molecule has 0 radical (unpaired) electrons. The lowest BCUT2D eigenvalue weighted by molar-refractivity contribution is -0.122. The van der Waals surface area contributed by atoms with Crippen LogP contribution in [0.1, 0.15) is 60.0 Å². The third-order valence-corrected chi connectivity index (χ3v) is 7.77. The highest BCUT2D eigenvalue weighted by atomic mass is 32.2. The van der Waals surface area contributed by atoms with Crippen molar-refractivity contribution in [3.63, 3.8) is 0 Å². The minimum absolute atomic E-state index is 0.0811. The Morgan fingerprint density at radius 1 is 0.970 bits per heavy atom. The minimum atomic E-state index is -3.83. The van der Waals surface area contributed by atoms with Crippen molar-refractivity contribution < 1.29 is 22.8 Å². The standard InChI is InChI=1S/C24H24N2O5S2/c1-15-5-4-7-18(13-15)33(30,31)25-16-9-11-19-20(14-16)24(32)26(23(19)29)21-12-10-17(27)6-2-3-8-22(21)28/h4-5,7,9,11,13-14,21,25H,2-3,6,8,10,12H2,1H3. The molecule has 9 heteroatoms. The normalized spacial score (nSPS) is 19.7. The zero-order valence-corrected chi connectivity index (χ0v) is 19.8. The van der Waals surface area contributed by atoms with E-state index in [1.165, 1.54) is 29.2 Å². The Labute approximate surface area is 198 Å². The molecule has 0 bridgehead atoms. The van der Waals surface area contributed by atoms with E-state index in [2.05, 4.69) is 4.72 Å². The summed E-state index contributed by atoms with van der Waals surface area (Å²) in [6.45, 7) is 1.80. The zero-order chi connectivity index (χ0) is 23.8. The number of fused-ring (bicyclic) bond motifs is 1. The van der Waals surface area contributed by atoms with Crippen LogP contribution in [0.3, 0.4) is 0 Å². The van der Waals surface area contributed by atoms with Gasteiger partial charge >= 0.3 is 0 Å². The van der Waals surface area contributed by atoms with E-state index < -0.39 is 22.0 Å². The highest BCUT2D eigenvalue weighted by molar-refractivity contribution is 7.92. The lowest BCUT2D eigenvalue weighted by atomic mass is 10.0. The van der Waals surface area contributed by atoms with Crippen LogP contribution in [0.15, 0.2) is 47.4 Å². The molecule has 0 spiro atoms. The van der Waals surface area contributed by atoms with E-state index in [4.69, 9.17) is 12.2 Å². The number of anilines is 1. The second-order valence-corrected chi connectivity index (χ2v) is 10.5. The molecule has 1 aliphatic carbocycles. The van der Waals surface area contributed by atoms with Gasteiger partial charge in [0.2, 0.25) is 0 Å². The smallest absolute Gasteiger partial charge is 0.261 e. The second-order valence-electron chi connectivity index (χ2n) is 8.43. The number of sulfonamides is 1. The van der Waals surface area contributed by atoms with E-state index in [-0.39, 0.29) is 40.0 Å². The summed E-state index contributed by atoms with van der Waals surface area (Å²) in [6, 6.07) is 10.3. The molecule has 4 rings (SSSR count). The molecule has 0 saturated heterocycles. The summed E-state index contributed by atoms with van der Waals surface area (Å²) in [6.07, 6.45) is 2.48. The number of rotatable bonds is 4. The highest BCUT2D eigenvalue weighted by Gasteiger charge is 2.40. The number of carbonyl (C=O) groups excluding carboxylic acids is 3. The number of amides is 1. The number of hydrogen-bond donors (Lipinski definition) is 1. The number of Topliss-reactive ketones (excluding diaryl/α,β-unsaturated/α-hetero) is 2. The summed E-state index contributed by atoms with van der Waals surface area (Å²) >= 11 is 5.55. The average molecular weight is 485 g/mol. The summed E-state index contributed by atoms with van der Waals surface area (Å²) in [4.78, 5) is 39.6. The van der Waals surface area contributed by atoms with Crippen molar-refractivity contribution in [3.05, 3.63) is 59.2 Å². The highest BCUT2D eigenvalue weighted by Crippen LogP contribution is 2.31. The van der Waals surface area contributed by atoms with Gasteiger partial charge in [-0.25, -0.2) is 8.42 Å². The van der Waals surface area contributed by atoms with Crippen molar-refractivity contribution in [2.24, 2.45) is 0 Å². The Balaban J connectivity index is 1.61. The monoisotopic (exact) mass is 484 g/mol. The molecule has 1 amide bonds. The Hall–Kier alpha value is -2.91. The molecule has 1 aliphatic heterocycles. The predicted molar refractivity (Wildman–Crippen MR) is 128 cm³/mol. The van der Waals surface area contributed by atoms with Crippen LogP contribution in [0.4, 0.5) is 5.69 Å². The average Bonchev–Trinajstić information content (AvgIpc) is 3.04. The van der Waals surface area contributed by atoms with Crippen molar-refractivity contribution in [1.82, 2.24) is 4.90 Å². The van der Waals surface area contributed by atoms with Gasteiger partial charge < -0.3 is 0 Å². The van der Waals surface area contributed by atoms with E-state index in [1.807, 2.05) is 0 Å². The van der Waals surface area contributed by atoms with Crippen LogP contribution < -0.4 is 4.72 Å². The lowest BCUT2D eigenvalue weighted by Gasteiger charge is -2.26. The van der Waals surface area contributed by atoms with E-state index in [0.29, 0.717) is 36.8 Å². The van der Waals surface area contributed by atoms with E-state index in [9.17, 15) is 22.8 Å². The third kappa shape index (κ3) is 4.74. The molecule has 172 valence electrons. The molecule has 1 saturated carbocycles. The molecule has 1 atom stereocenters. The van der Waals surface area contributed by atoms with Gasteiger partial charge in [-0.15, -0.1) is 0 Å². The molecule has 1 fully saturated rings. The first-order chi connectivity index (χ1) is 15.7. The topological polar surface area (TPSA) is 101 Å². The van der Waals surface area contributed by atoms with Crippen molar-refractivity contribution in [3.8, 4) is 0 Å². The van der Waals surface area contributed by atoms with Crippen LogP contribution in [0, 0.1) is 6.92 Å². The maximum Gasteiger partial charge on any atom is 0.261 e. The summed E-state index contributed by atoms with van der Waals surface area (Å²) in [5, 5.41) is 0. The molecule has 1 heterocycles. The fraction of sp³-hybridized carbons (Fsp3) is 0.333. The SMILES string of the molecule is Cc1cccc(S(=O)(=O)Nc2ccc3c(c2)C(=S)N(C2CCC(=O)CCCCC2=O)C3=O)c1.